The fraction of sp³-hybridized carbons (Fsp3) is 0.368. The molecule has 3 fully saturated rings. The maximum Gasteiger partial charge on any atom is 0.319 e. The summed E-state index contributed by atoms with van der Waals surface area (Å²) in [6, 6.07) is 7.41. The lowest BCUT2D eigenvalue weighted by Gasteiger charge is -2.31. The van der Waals surface area contributed by atoms with E-state index in [1.807, 2.05) is 17.0 Å². The molecule has 4 aliphatic rings. The van der Waals surface area contributed by atoms with Crippen molar-refractivity contribution in [3.05, 3.63) is 58.2 Å². The number of benzene rings is 2. The molecule has 2 saturated heterocycles. The van der Waals surface area contributed by atoms with Crippen molar-refractivity contribution in [3.63, 3.8) is 0 Å². The number of pyridine rings is 1. The number of nitrogen functional groups attached to an aromatic ring is 2. The second-order valence-corrected chi connectivity index (χ2v) is 15.4. The number of thiophene rings is 1. The topological polar surface area (TPSA) is 139 Å². The number of ether oxygens (including phenoxy) is 2. The van der Waals surface area contributed by atoms with E-state index in [9.17, 15) is 9.65 Å². The molecule has 0 radical (unpaired) electrons. The molecule has 0 amide bonds. The second-order valence-electron chi connectivity index (χ2n) is 14.0. The van der Waals surface area contributed by atoms with Crippen LogP contribution >= 0.6 is 22.9 Å². The average molecular weight is 757 g/mol. The number of hydrogen-bond donors (Lipinski definition) is 2. The molecule has 1 saturated carbocycles. The molecular formula is C38H32ClF3N8O2S. The fourth-order valence-electron chi connectivity index (χ4n) is 8.05. The number of alkyl halides is 1. The van der Waals surface area contributed by atoms with Gasteiger partial charge in [-0.2, -0.15) is 15.2 Å². The van der Waals surface area contributed by atoms with Gasteiger partial charge >= 0.3 is 6.01 Å². The summed E-state index contributed by atoms with van der Waals surface area (Å²) in [5.41, 5.74) is 12.5. The van der Waals surface area contributed by atoms with Crippen molar-refractivity contribution in [1.29, 1.82) is 5.26 Å². The minimum absolute atomic E-state index is 0.00895. The highest BCUT2D eigenvalue weighted by atomic mass is 35.5. The zero-order valence-corrected chi connectivity index (χ0v) is 29.8. The SMILES string of the molecule is N#Cc1c(N)sc2c(F)ccc(-c3c(Cl)c4c5c(nc(OC[C@@]67CCCN6C[C@H](F)C7)nc5c3F)N([C@H](C#CC3CC3)c3cccnc3N)CCO4)c12. The molecule has 4 N–H and O–H groups in total. The van der Waals surface area contributed by atoms with Crippen LogP contribution in [0.5, 0.6) is 11.8 Å². The Morgan fingerprint density at radius 1 is 1.17 bits per heavy atom. The van der Waals surface area contributed by atoms with Gasteiger partial charge in [0, 0.05) is 41.6 Å². The lowest BCUT2D eigenvalue weighted by atomic mass is 9.95. The Hall–Kier alpha value is -5.02. The lowest BCUT2D eigenvalue weighted by Crippen LogP contribution is -2.43. The van der Waals surface area contributed by atoms with Gasteiger partial charge in [-0.15, -0.1) is 11.3 Å². The van der Waals surface area contributed by atoms with Crippen LogP contribution in [0.2, 0.25) is 5.02 Å². The van der Waals surface area contributed by atoms with E-state index in [1.165, 1.54) is 12.1 Å². The third kappa shape index (κ3) is 5.54. The summed E-state index contributed by atoms with van der Waals surface area (Å²) in [5.74, 6) is 6.16. The van der Waals surface area contributed by atoms with Crippen LogP contribution in [0.1, 0.15) is 49.3 Å². The molecule has 0 unspecified atom stereocenters. The van der Waals surface area contributed by atoms with Gasteiger partial charge in [-0.25, -0.2) is 18.2 Å². The number of halogens is 4. The first kappa shape index (κ1) is 33.8. The number of aromatic nitrogens is 3. The number of nitriles is 1. The van der Waals surface area contributed by atoms with Crippen LogP contribution in [-0.2, 0) is 0 Å². The van der Waals surface area contributed by atoms with Gasteiger partial charge in [-0.05, 0) is 49.9 Å². The monoisotopic (exact) mass is 756 g/mol. The smallest absolute Gasteiger partial charge is 0.319 e. The molecule has 3 atom stereocenters. The van der Waals surface area contributed by atoms with Crippen molar-refractivity contribution in [3.8, 4) is 40.8 Å². The molecule has 53 heavy (non-hydrogen) atoms. The highest BCUT2D eigenvalue weighted by Crippen LogP contribution is 2.51. The van der Waals surface area contributed by atoms with E-state index in [0.29, 0.717) is 18.5 Å². The molecule has 0 bridgehead atoms. The maximum absolute atomic E-state index is 17.5. The quantitative estimate of drug-likeness (QED) is 0.171. The van der Waals surface area contributed by atoms with E-state index in [0.717, 1.165) is 43.6 Å². The molecule has 5 aromatic rings. The zero-order valence-electron chi connectivity index (χ0n) is 28.3. The summed E-state index contributed by atoms with van der Waals surface area (Å²) in [6.07, 6.45) is 4.57. The van der Waals surface area contributed by atoms with E-state index in [1.54, 1.807) is 12.3 Å². The molecule has 3 aromatic heterocycles. The van der Waals surface area contributed by atoms with Gasteiger partial charge in [0.05, 0.1) is 32.8 Å². The number of hydrogen-bond acceptors (Lipinski definition) is 11. The summed E-state index contributed by atoms with van der Waals surface area (Å²) < 4.78 is 60.1. The number of nitrogens with two attached hydrogens (primary N) is 2. The Morgan fingerprint density at radius 2 is 2.02 bits per heavy atom. The van der Waals surface area contributed by atoms with E-state index < -0.39 is 29.4 Å². The Balaban J connectivity index is 1.28. The molecule has 0 spiro atoms. The molecule has 15 heteroatoms. The summed E-state index contributed by atoms with van der Waals surface area (Å²) >= 11 is 8.01. The normalized spacial score (nSPS) is 21.5. The van der Waals surface area contributed by atoms with Gasteiger partial charge in [-0.1, -0.05) is 35.6 Å². The summed E-state index contributed by atoms with van der Waals surface area (Å²) in [7, 11) is 0. The molecule has 1 aliphatic carbocycles. The van der Waals surface area contributed by atoms with Crippen molar-refractivity contribution in [2.45, 2.75) is 49.9 Å². The number of nitrogens with zero attached hydrogens (tertiary/aromatic N) is 6. The molecule has 270 valence electrons. The minimum atomic E-state index is -0.980. The maximum atomic E-state index is 17.5. The predicted octanol–water partition coefficient (Wildman–Crippen LogP) is 7.18. The summed E-state index contributed by atoms with van der Waals surface area (Å²) in [5, 5.41) is 10.3. The summed E-state index contributed by atoms with van der Waals surface area (Å²) in [4.78, 5) is 17.8. The van der Waals surface area contributed by atoms with Crippen molar-refractivity contribution in [1.82, 2.24) is 19.9 Å². The van der Waals surface area contributed by atoms with Crippen LogP contribution in [0.25, 0.3) is 32.1 Å². The molecule has 2 aromatic carbocycles. The van der Waals surface area contributed by atoms with Crippen molar-refractivity contribution >= 4 is 60.6 Å². The first-order valence-corrected chi connectivity index (χ1v) is 18.6. The number of fused-ring (bicyclic) bond motifs is 2. The highest BCUT2D eigenvalue weighted by molar-refractivity contribution is 7.23. The Bertz CT molecular complexity index is 2440. The van der Waals surface area contributed by atoms with Crippen LogP contribution in [-0.4, -0.2) is 64.4 Å². The van der Waals surface area contributed by atoms with Gasteiger partial charge in [0.15, 0.2) is 11.6 Å². The molecule has 10 nitrogen and oxygen atoms in total. The number of rotatable bonds is 6. The predicted molar refractivity (Wildman–Crippen MR) is 198 cm³/mol. The number of anilines is 3. The Labute approximate surface area is 311 Å². The Kier molecular flexibility index (Phi) is 8.18. The molecule has 6 heterocycles. The van der Waals surface area contributed by atoms with E-state index in [4.69, 9.17) is 37.5 Å². The van der Waals surface area contributed by atoms with E-state index in [2.05, 4.69) is 26.7 Å². The third-order valence-electron chi connectivity index (χ3n) is 10.7. The zero-order chi connectivity index (χ0) is 36.6. The van der Waals surface area contributed by atoms with Crippen LogP contribution in [0.3, 0.4) is 0 Å². The first-order valence-electron chi connectivity index (χ1n) is 17.4. The van der Waals surface area contributed by atoms with Crippen molar-refractivity contribution in [2.75, 3.05) is 49.2 Å². The van der Waals surface area contributed by atoms with Crippen LogP contribution in [0.4, 0.5) is 29.8 Å². The fourth-order valence-corrected chi connectivity index (χ4v) is 9.33. The van der Waals surface area contributed by atoms with Crippen LogP contribution in [0, 0.1) is 40.7 Å². The van der Waals surface area contributed by atoms with Gasteiger partial charge in [-0.3, -0.25) is 4.90 Å². The van der Waals surface area contributed by atoms with Gasteiger partial charge in [0.25, 0.3) is 0 Å². The Morgan fingerprint density at radius 3 is 2.81 bits per heavy atom. The molecule has 3 aliphatic heterocycles. The lowest BCUT2D eigenvalue weighted by molar-refractivity contribution is 0.107. The molecular weight excluding hydrogens is 725 g/mol. The van der Waals surface area contributed by atoms with E-state index in [-0.39, 0.29) is 96.8 Å². The minimum Gasteiger partial charge on any atom is -0.489 e. The largest absolute Gasteiger partial charge is 0.489 e. The standard InChI is InChI=1S/C38H32ClF3N8O2S/c39-29-27(22-7-8-24(41)33-26(22)23(16-43)35(45)53-33)30(42)31-28-32(29)51-14-13-50(25(9-6-19-4-5-19)21-3-1-11-46-34(21)44)36(28)48-37(47-31)52-18-38-10-2-12-49(38)17-20(40)15-38/h1,3,7-8,11,19-20,25H,2,4-5,10,12-15,17-18,45H2,(H2,44,46)/t20-,25-,38+/m1/s1. The molecule has 9 rings (SSSR count). The van der Waals surface area contributed by atoms with Gasteiger partial charge < -0.3 is 25.8 Å². The first-order chi connectivity index (χ1) is 25.7. The highest BCUT2D eigenvalue weighted by Gasteiger charge is 2.49. The van der Waals surface area contributed by atoms with Crippen molar-refractivity contribution < 1.29 is 22.6 Å². The van der Waals surface area contributed by atoms with E-state index >= 15 is 8.78 Å². The van der Waals surface area contributed by atoms with Crippen LogP contribution in [0.15, 0.2) is 30.5 Å². The second kappa shape index (κ2) is 12.8. The van der Waals surface area contributed by atoms with Gasteiger partial charge in [0.2, 0.25) is 0 Å². The third-order valence-corrected chi connectivity index (χ3v) is 12.1. The van der Waals surface area contributed by atoms with Gasteiger partial charge in [0.1, 0.15) is 59.5 Å². The average Bonchev–Trinajstić information content (AvgIpc) is 3.74. The van der Waals surface area contributed by atoms with Crippen molar-refractivity contribution in [2.24, 2.45) is 5.92 Å². The summed E-state index contributed by atoms with van der Waals surface area (Å²) in [6.45, 7) is 1.50. The van der Waals surface area contributed by atoms with Crippen LogP contribution < -0.4 is 25.8 Å².